The van der Waals surface area contributed by atoms with E-state index in [2.05, 4.69) is 25.1 Å². The van der Waals surface area contributed by atoms with E-state index in [1.54, 1.807) is 0 Å². The highest BCUT2D eigenvalue weighted by molar-refractivity contribution is 5.30. The molecule has 0 aliphatic heterocycles. The van der Waals surface area contributed by atoms with Crippen molar-refractivity contribution in [1.29, 1.82) is 0 Å². The summed E-state index contributed by atoms with van der Waals surface area (Å²) in [6.07, 6.45) is 4.65. The van der Waals surface area contributed by atoms with Crippen molar-refractivity contribution in [2.24, 2.45) is 0 Å². The van der Waals surface area contributed by atoms with Crippen LogP contribution in [0.4, 0.5) is 0 Å². The summed E-state index contributed by atoms with van der Waals surface area (Å²) in [5.41, 5.74) is 2.26. The van der Waals surface area contributed by atoms with Crippen molar-refractivity contribution in [1.82, 2.24) is 0 Å². The first-order chi connectivity index (χ1) is 10.2. The van der Waals surface area contributed by atoms with Gasteiger partial charge in [-0.25, -0.2) is 0 Å². The molecule has 3 heteroatoms. The Morgan fingerprint density at radius 1 is 0.810 bits per heavy atom. The third-order valence-electron chi connectivity index (χ3n) is 3.40. The lowest BCUT2D eigenvalue weighted by Crippen LogP contribution is -2.37. The van der Waals surface area contributed by atoms with E-state index in [9.17, 15) is 0 Å². The van der Waals surface area contributed by atoms with Gasteiger partial charge in [0, 0.05) is 25.4 Å². The largest absolute Gasteiger partial charge is 0.324 e. The van der Waals surface area contributed by atoms with Gasteiger partial charge >= 0.3 is 5.97 Å². The number of unbranched alkanes of at least 4 members (excludes halogenated alkanes) is 2. The quantitative estimate of drug-likeness (QED) is 0.439. The van der Waals surface area contributed by atoms with Crippen molar-refractivity contribution in [2.75, 3.05) is 19.8 Å². The standard InChI is InChI=1S/C18H30O3/c1-5-9-10-13-16-14-11-12-15-17(16)18(19-6-2,20-7-3)21-8-4/h11-12,14-15H,5-10,13H2,1-4H3. The Morgan fingerprint density at radius 3 is 1.90 bits per heavy atom. The molecule has 1 rings (SSSR count). The first kappa shape index (κ1) is 18.1. The summed E-state index contributed by atoms with van der Waals surface area (Å²) in [5, 5.41) is 0. The van der Waals surface area contributed by atoms with E-state index >= 15 is 0 Å². The molecule has 21 heavy (non-hydrogen) atoms. The average molecular weight is 294 g/mol. The van der Waals surface area contributed by atoms with Crippen molar-refractivity contribution in [3.8, 4) is 0 Å². The molecule has 0 saturated carbocycles. The van der Waals surface area contributed by atoms with Gasteiger partial charge in [-0.15, -0.1) is 0 Å². The Hall–Kier alpha value is -0.900. The van der Waals surface area contributed by atoms with Gasteiger partial charge < -0.3 is 14.2 Å². The molecule has 0 aromatic heterocycles. The fraction of sp³-hybridized carbons (Fsp3) is 0.667. The van der Waals surface area contributed by atoms with Crippen LogP contribution in [0.3, 0.4) is 0 Å². The maximum Gasteiger partial charge on any atom is 0.312 e. The monoisotopic (exact) mass is 294 g/mol. The predicted octanol–water partition coefficient (Wildman–Crippen LogP) is 4.64. The molecule has 0 unspecified atom stereocenters. The molecule has 0 fully saturated rings. The predicted molar refractivity (Wildman–Crippen MR) is 86.2 cm³/mol. The summed E-state index contributed by atoms with van der Waals surface area (Å²) in [6.45, 7) is 9.75. The molecular formula is C18H30O3. The second kappa shape index (κ2) is 9.93. The highest BCUT2D eigenvalue weighted by Gasteiger charge is 2.36. The van der Waals surface area contributed by atoms with Gasteiger partial charge in [0.15, 0.2) is 0 Å². The van der Waals surface area contributed by atoms with E-state index in [1.165, 1.54) is 24.8 Å². The second-order valence-electron chi connectivity index (χ2n) is 4.97. The minimum atomic E-state index is -1.07. The first-order valence-electron chi connectivity index (χ1n) is 8.24. The second-order valence-corrected chi connectivity index (χ2v) is 4.97. The fourth-order valence-electron chi connectivity index (χ4n) is 2.53. The van der Waals surface area contributed by atoms with E-state index in [0.717, 1.165) is 12.0 Å². The molecule has 120 valence electrons. The van der Waals surface area contributed by atoms with Gasteiger partial charge in [-0.1, -0.05) is 44.0 Å². The topological polar surface area (TPSA) is 27.7 Å². The normalized spacial score (nSPS) is 11.8. The minimum absolute atomic E-state index is 0.545. The highest BCUT2D eigenvalue weighted by Crippen LogP contribution is 2.32. The van der Waals surface area contributed by atoms with Crippen LogP contribution in [0.1, 0.15) is 58.1 Å². The Kier molecular flexibility index (Phi) is 8.58. The van der Waals surface area contributed by atoms with Gasteiger partial charge in [-0.3, -0.25) is 0 Å². The molecule has 1 aromatic rings. The summed E-state index contributed by atoms with van der Waals surface area (Å²) in [4.78, 5) is 0. The van der Waals surface area contributed by atoms with Crippen LogP contribution in [0.15, 0.2) is 24.3 Å². The van der Waals surface area contributed by atoms with E-state index in [1.807, 2.05) is 26.8 Å². The number of rotatable bonds is 11. The van der Waals surface area contributed by atoms with Gasteiger partial charge in [0.1, 0.15) is 0 Å². The summed E-state index contributed by atoms with van der Waals surface area (Å²) < 4.78 is 17.7. The summed E-state index contributed by atoms with van der Waals surface area (Å²) >= 11 is 0. The molecule has 0 bridgehead atoms. The Labute approximate surface area is 129 Å². The van der Waals surface area contributed by atoms with Crippen molar-refractivity contribution < 1.29 is 14.2 Å². The number of hydrogen-bond acceptors (Lipinski definition) is 3. The third-order valence-corrected chi connectivity index (χ3v) is 3.40. The Balaban J connectivity index is 3.09. The van der Waals surface area contributed by atoms with Crippen molar-refractivity contribution in [3.05, 3.63) is 35.4 Å². The van der Waals surface area contributed by atoms with Crippen LogP contribution in [-0.2, 0) is 26.6 Å². The zero-order chi connectivity index (χ0) is 15.6. The van der Waals surface area contributed by atoms with Crippen molar-refractivity contribution in [3.63, 3.8) is 0 Å². The maximum atomic E-state index is 5.90. The molecule has 0 heterocycles. The van der Waals surface area contributed by atoms with E-state index < -0.39 is 5.97 Å². The molecule has 0 aliphatic rings. The molecule has 0 spiro atoms. The number of hydrogen-bond donors (Lipinski definition) is 0. The maximum absolute atomic E-state index is 5.90. The van der Waals surface area contributed by atoms with Gasteiger partial charge in [-0.2, -0.15) is 0 Å². The van der Waals surface area contributed by atoms with Crippen molar-refractivity contribution in [2.45, 2.75) is 59.4 Å². The van der Waals surface area contributed by atoms with Crippen LogP contribution < -0.4 is 0 Å². The number of aryl methyl sites for hydroxylation is 1. The third kappa shape index (κ3) is 5.10. The van der Waals surface area contributed by atoms with Crippen LogP contribution in [-0.4, -0.2) is 19.8 Å². The van der Waals surface area contributed by atoms with Gasteiger partial charge in [0.05, 0.1) is 0 Å². The zero-order valence-electron chi connectivity index (χ0n) is 14.0. The lowest BCUT2D eigenvalue weighted by Gasteiger charge is -2.34. The van der Waals surface area contributed by atoms with E-state index in [0.29, 0.717) is 19.8 Å². The molecule has 0 amide bonds. The van der Waals surface area contributed by atoms with Crippen molar-refractivity contribution >= 4 is 0 Å². The number of ether oxygens (including phenoxy) is 3. The summed E-state index contributed by atoms with van der Waals surface area (Å²) in [5.74, 6) is -1.07. The summed E-state index contributed by atoms with van der Waals surface area (Å²) in [7, 11) is 0. The van der Waals surface area contributed by atoms with Gasteiger partial charge in [0.25, 0.3) is 0 Å². The molecule has 0 atom stereocenters. The van der Waals surface area contributed by atoms with Gasteiger partial charge in [0.2, 0.25) is 0 Å². The molecule has 0 N–H and O–H groups in total. The minimum Gasteiger partial charge on any atom is -0.324 e. The van der Waals surface area contributed by atoms with Crippen LogP contribution in [0, 0.1) is 0 Å². The molecule has 0 radical (unpaired) electrons. The number of benzene rings is 1. The van der Waals surface area contributed by atoms with E-state index in [4.69, 9.17) is 14.2 Å². The lowest BCUT2D eigenvalue weighted by molar-refractivity contribution is -0.389. The van der Waals surface area contributed by atoms with Crippen LogP contribution in [0.2, 0.25) is 0 Å². The van der Waals surface area contributed by atoms with Crippen LogP contribution >= 0.6 is 0 Å². The Bertz CT molecular complexity index is 373. The van der Waals surface area contributed by atoms with E-state index in [-0.39, 0.29) is 0 Å². The molecule has 0 aliphatic carbocycles. The molecule has 3 nitrogen and oxygen atoms in total. The molecular weight excluding hydrogens is 264 g/mol. The van der Waals surface area contributed by atoms with Crippen LogP contribution in [0.5, 0.6) is 0 Å². The van der Waals surface area contributed by atoms with Crippen LogP contribution in [0.25, 0.3) is 0 Å². The summed E-state index contributed by atoms with van der Waals surface area (Å²) in [6, 6.07) is 8.29. The first-order valence-corrected chi connectivity index (χ1v) is 8.24. The fourth-order valence-corrected chi connectivity index (χ4v) is 2.53. The average Bonchev–Trinajstić information content (AvgIpc) is 2.49. The highest BCUT2D eigenvalue weighted by atomic mass is 16.9. The Morgan fingerprint density at radius 2 is 1.38 bits per heavy atom. The lowest BCUT2D eigenvalue weighted by atomic mass is 9.99. The zero-order valence-corrected chi connectivity index (χ0v) is 14.0. The molecule has 0 saturated heterocycles. The smallest absolute Gasteiger partial charge is 0.312 e. The SMILES string of the molecule is CCCCCc1ccccc1C(OCC)(OCC)OCC. The van der Waals surface area contributed by atoms with Gasteiger partial charge in [-0.05, 0) is 39.2 Å². The molecule has 1 aromatic carbocycles.